The van der Waals surface area contributed by atoms with Crippen molar-refractivity contribution in [1.29, 1.82) is 0 Å². The van der Waals surface area contributed by atoms with E-state index in [1.807, 2.05) is 0 Å². The number of halogens is 16. The summed E-state index contributed by atoms with van der Waals surface area (Å²) < 4.78 is 218. The maximum Gasteiger partial charge on any atom is 0.453 e. The number of esters is 1. The summed E-state index contributed by atoms with van der Waals surface area (Å²) in [6.07, 6.45) is -22.8. The van der Waals surface area contributed by atoms with Crippen molar-refractivity contribution in [1.82, 2.24) is 0 Å². The summed E-state index contributed by atoms with van der Waals surface area (Å²) >= 11 is 0. The minimum Gasteiger partial charge on any atom is -0.465 e. The van der Waals surface area contributed by atoms with Crippen LogP contribution in [0.3, 0.4) is 0 Å². The highest BCUT2D eigenvalue weighted by Crippen LogP contribution is 2.66. The second kappa shape index (κ2) is 9.72. The highest BCUT2D eigenvalue weighted by molar-refractivity contribution is 5.79. The summed E-state index contributed by atoms with van der Waals surface area (Å²) in [5.41, 5.74) is -3.11. The van der Waals surface area contributed by atoms with Gasteiger partial charge in [0.05, 0.1) is 19.4 Å². The molecular formula is C21H22F16O2. The number of alkyl halides is 16. The maximum atomic E-state index is 14.0. The first-order valence-corrected chi connectivity index (χ1v) is 11.3. The second-order valence-electron chi connectivity index (χ2n) is 10.3. The zero-order valence-corrected chi connectivity index (χ0v) is 19.9. The van der Waals surface area contributed by atoms with E-state index in [2.05, 4.69) is 4.74 Å². The molecule has 0 amide bonds. The lowest BCUT2D eigenvalue weighted by Crippen LogP contribution is -2.58. The van der Waals surface area contributed by atoms with Crippen molar-refractivity contribution in [2.24, 2.45) is 29.1 Å². The molecule has 5 atom stereocenters. The van der Waals surface area contributed by atoms with Crippen LogP contribution in [0.15, 0.2) is 0 Å². The van der Waals surface area contributed by atoms with Gasteiger partial charge >= 0.3 is 42.0 Å². The first kappa shape index (κ1) is 33.6. The highest BCUT2D eigenvalue weighted by Gasteiger charge is 2.77. The van der Waals surface area contributed by atoms with Gasteiger partial charge < -0.3 is 4.74 Å². The Hall–Kier alpha value is -1.65. The quantitative estimate of drug-likeness (QED) is 0.184. The largest absolute Gasteiger partial charge is 0.465 e. The normalized spacial score (nSPS) is 29.2. The Balaban J connectivity index is 2.12. The summed E-state index contributed by atoms with van der Waals surface area (Å²) in [7, 11) is 0. The van der Waals surface area contributed by atoms with Crippen molar-refractivity contribution in [3.8, 4) is 0 Å². The molecule has 2 bridgehead atoms. The van der Waals surface area contributed by atoms with Gasteiger partial charge in [-0.1, -0.05) is 13.8 Å². The van der Waals surface area contributed by atoms with E-state index in [1.54, 1.807) is 6.92 Å². The van der Waals surface area contributed by atoms with E-state index in [9.17, 15) is 75.0 Å². The summed E-state index contributed by atoms with van der Waals surface area (Å²) in [6, 6.07) is 0. The number of ether oxygens (including phenoxy) is 1. The molecule has 18 heteroatoms. The van der Waals surface area contributed by atoms with Crippen molar-refractivity contribution >= 4 is 5.97 Å². The van der Waals surface area contributed by atoms with Crippen LogP contribution in [0, 0.1) is 29.1 Å². The molecule has 0 saturated heterocycles. The Morgan fingerprint density at radius 2 is 1.23 bits per heavy atom. The lowest BCUT2D eigenvalue weighted by molar-refractivity contribution is -0.357. The molecule has 39 heavy (non-hydrogen) atoms. The lowest BCUT2D eigenvalue weighted by Gasteiger charge is -2.41. The van der Waals surface area contributed by atoms with Crippen LogP contribution >= 0.6 is 0 Å². The minimum atomic E-state index is -7.15. The average Bonchev–Trinajstić information content (AvgIpc) is 3.22. The number of carbonyl (C=O) groups is 1. The maximum absolute atomic E-state index is 14.0. The third kappa shape index (κ3) is 5.75. The van der Waals surface area contributed by atoms with E-state index >= 15 is 0 Å². The summed E-state index contributed by atoms with van der Waals surface area (Å²) in [6.45, 7) is 1.32. The van der Waals surface area contributed by atoms with Crippen LogP contribution in [0.2, 0.25) is 0 Å². The Morgan fingerprint density at radius 1 is 0.744 bits per heavy atom. The predicted octanol–water partition coefficient (Wildman–Crippen LogP) is 8.30. The molecule has 0 radical (unpaired) electrons. The van der Waals surface area contributed by atoms with Crippen LogP contribution in [0.1, 0.15) is 46.0 Å². The lowest BCUT2D eigenvalue weighted by atomic mass is 9.65. The molecule has 0 aromatic heterocycles. The predicted molar refractivity (Wildman–Crippen MR) is 98.6 cm³/mol. The number of rotatable bonds is 10. The van der Waals surface area contributed by atoms with Gasteiger partial charge in [-0.15, -0.1) is 0 Å². The van der Waals surface area contributed by atoms with Gasteiger partial charge in [-0.3, -0.25) is 4.79 Å². The smallest absolute Gasteiger partial charge is 0.453 e. The molecule has 0 aromatic carbocycles. The zero-order valence-electron chi connectivity index (χ0n) is 19.9. The van der Waals surface area contributed by atoms with Crippen molar-refractivity contribution in [2.45, 2.75) is 87.9 Å². The Kier molecular flexibility index (Phi) is 8.37. The summed E-state index contributed by atoms with van der Waals surface area (Å²) in [5.74, 6) is -37.1. The van der Waals surface area contributed by atoms with Gasteiger partial charge in [0.15, 0.2) is 5.41 Å². The molecular weight excluding hydrogens is 588 g/mol. The van der Waals surface area contributed by atoms with Gasteiger partial charge in [0.2, 0.25) is 0 Å². The van der Waals surface area contributed by atoms with Crippen molar-refractivity contribution in [2.75, 3.05) is 6.61 Å². The van der Waals surface area contributed by atoms with Crippen molar-refractivity contribution in [3.05, 3.63) is 0 Å². The SMILES string of the molecule is CC1C2CC(C1C)C(C(=O)OCCC(F)(F)CC(F)(F)C(F)(F)C(F)(F)CC(F)(F)C(F)(F)F)(C(F)(F)F)C2. The first-order valence-electron chi connectivity index (χ1n) is 11.3. The molecule has 0 aliphatic heterocycles. The van der Waals surface area contributed by atoms with Crippen molar-refractivity contribution in [3.63, 3.8) is 0 Å². The molecule has 0 heterocycles. The Labute approximate surface area is 210 Å². The van der Waals surface area contributed by atoms with Crippen LogP contribution in [0.25, 0.3) is 0 Å². The van der Waals surface area contributed by atoms with Crippen LogP contribution < -0.4 is 0 Å². The zero-order chi connectivity index (χ0) is 30.8. The van der Waals surface area contributed by atoms with Crippen LogP contribution in [0.4, 0.5) is 70.2 Å². The third-order valence-corrected chi connectivity index (χ3v) is 7.81. The fourth-order valence-corrected chi connectivity index (χ4v) is 5.42. The minimum absolute atomic E-state index is 0.0456. The number of fused-ring (bicyclic) bond motifs is 2. The van der Waals surface area contributed by atoms with Crippen LogP contribution in [0.5, 0.6) is 0 Å². The molecule has 2 rings (SSSR count). The third-order valence-electron chi connectivity index (χ3n) is 7.81. The average molecular weight is 610 g/mol. The summed E-state index contributed by atoms with van der Waals surface area (Å²) in [5, 5.41) is 0. The van der Waals surface area contributed by atoms with Gasteiger partial charge in [-0.2, -0.15) is 61.5 Å². The molecule has 2 aliphatic rings. The van der Waals surface area contributed by atoms with E-state index in [1.165, 1.54) is 6.92 Å². The van der Waals surface area contributed by atoms with E-state index in [-0.39, 0.29) is 12.3 Å². The molecule has 0 N–H and O–H groups in total. The molecule has 0 spiro atoms. The van der Waals surface area contributed by atoms with Crippen LogP contribution in [-0.4, -0.2) is 54.5 Å². The summed E-state index contributed by atoms with van der Waals surface area (Å²) in [4.78, 5) is 12.4. The standard InChI is InChI=1S/C21H22F16O2/c1-9-10(2)12-5-11(9)6-15(12,20(32,33)34)13(38)39-4-3-14(22,23)7-16(24,25)19(30,31)17(26,27)8-18(28,29)21(35,36)37/h9-12H,3-8H2,1-2H3. The highest BCUT2D eigenvalue weighted by atomic mass is 19.4. The van der Waals surface area contributed by atoms with E-state index < -0.39 is 103 Å². The molecule has 2 saturated carbocycles. The van der Waals surface area contributed by atoms with E-state index in [4.69, 9.17) is 0 Å². The fourth-order valence-electron chi connectivity index (χ4n) is 5.42. The number of hydrogen-bond donors (Lipinski definition) is 0. The Morgan fingerprint density at radius 3 is 1.64 bits per heavy atom. The van der Waals surface area contributed by atoms with Gasteiger partial charge in [0.1, 0.15) is 0 Å². The topological polar surface area (TPSA) is 26.3 Å². The van der Waals surface area contributed by atoms with Gasteiger partial charge in [-0.25, -0.2) is 8.78 Å². The second-order valence-corrected chi connectivity index (χ2v) is 10.3. The van der Waals surface area contributed by atoms with Gasteiger partial charge in [0.25, 0.3) is 5.92 Å². The van der Waals surface area contributed by atoms with Crippen molar-refractivity contribution < 1.29 is 79.8 Å². The van der Waals surface area contributed by atoms with Gasteiger partial charge in [0, 0.05) is 6.42 Å². The van der Waals surface area contributed by atoms with Gasteiger partial charge in [-0.05, 0) is 36.5 Å². The molecule has 0 aromatic rings. The molecule has 2 fully saturated rings. The first-order chi connectivity index (χ1) is 17.1. The monoisotopic (exact) mass is 610 g/mol. The molecule has 5 unspecified atom stereocenters. The van der Waals surface area contributed by atoms with E-state index in [0.717, 1.165) is 0 Å². The Bertz CT molecular complexity index is 907. The number of carbonyl (C=O) groups excluding carboxylic acids is 1. The molecule has 2 nitrogen and oxygen atoms in total. The fraction of sp³-hybridized carbons (Fsp3) is 0.952. The van der Waals surface area contributed by atoms with E-state index in [0.29, 0.717) is 0 Å². The molecule has 230 valence electrons. The molecule has 2 aliphatic carbocycles. The van der Waals surface area contributed by atoms with Crippen LogP contribution in [-0.2, 0) is 9.53 Å². The number of hydrogen-bond acceptors (Lipinski definition) is 2.